The minimum atomic E-state index is -1.42. The Morgan fingerprint density at radius 1 is 1.40 bits per heavy atom. The molecule has 0 aliphatic heterocycles. The molecule has 102 valence electrons. The van der Waals surface area contributed by atoms with Crippen LogP contribution in [0.4, 0.5) is 10.1 Å². The fraction of sp³-hybridized carbons (Fsp3) is 0. The number of nitrogens with zero attached hydrogens (tertiary/aromatic N) is 2. The van der Waals surface area contributed by atoms with E-state index in [1.807, 2.05) is 0 Å². The molecule has 0 aliphatic rings. The maximum atomic E-state index is 13.4. The fourth-order valence-electron chi connectivity index (χ4n) is 1.44. The summed E-state index contributed by atoms with van der Waals surface area (Å²) < 4.78 is 18.5. The molecule has 0 aliphatic carbocycles. The third-order valence-electron chi connectivity index (χ3n) is 2.33. The van der Waals surface area contributed by atoms with Gasteiger partial charge in [0.2, 0.25) is 0 Å². The highest BCUT2D eigenvalue weighted by Gasteiger charge is 2.17. The average molecular weight is 278 g/mol. The number of benzene rings is 1. The number of ether oxygens (including phenoxy) is 1. The zero-order valence-corrected chi connectivity index (χ0v) is 9.82. The molecule has 0 unspecified atom stereocenters. The van der Waals surface area contributed by atoms with Crippen molar-refractivity contribution in [2.45, 2.75) is 0 Å². The quantitative estimate of drug-likeness (QED) is 0.681. The van der Waals surface area contributed by atoms with Crippen LogP contribution in [0.5, 0.6) is 11.6 Å². The number of carboxylic acids is 1. The molecule has 0 saturated carbocycles. The van der Waals surface area contributed by atoms with E-state index in [0.29, 0.717) is 0 Å². The number of hydrogen-bond acceptors (Lipinski definition) is 5. The lowest BCUT2D eigenvalue weighted by Gasteiger charge is -2.05. The summed E-state index contributed by atoms with van der Waals surface area (Å²) in [5.41, 5.74) is -0.900. The van der Waals surface area contributed by atoms with Crippen molar-refractivity contribution in [2.24, 2.45) is 0 Å². The Balaban J connectivity index is 2.34. The standard InChI is InChI=1S/C12H7FN2O5/c13-9-6-7(3-4-8(9)12(16)17)20-11-10(15(18)19)2-1-5-14-11/h1-6H,(H,16,17). The molecule has 0 saturated heterocycles. The van der Waals surface area contributed by atoms with Gasteiger partial charge in [0.25, 0.3) is 5.88 Å². The smallest absolute Gasteiger partial charge is 0.338 e. The molecular weight excluding hydrogens is 271 g/mol. The highest BCUT2D eigenvalue weighted by atomic mass is 19.1. The van der Waals surface area contributed by atoms with Crippen LogP contribution in [0.2, 0.25) is 0 Å². The van der Waals surface area contributed by atoms with Crippen molar-refractivity contribution in [1.82, 2.24) is 4.98 Å². The Kier molecular flexibility index (Phi) is 3.56. The van der Waals surface area contributed by atoms with Gasteiger partial charge < -0.3 is 9.84 Å². The summed E-state index contributed by atoms with van der Waals surface area (Å²) in [6, 6.07) is 5.55. The van der Waals surface area contributed by atoms with Crippen LogP contribution in [0, 0.1) is 15.9 Å². The molecule has 0 fully saturated rings. The Hall–Kier alpha value is -3.03. The summed E-state index contributed by atoms with van der Waals surface area (Å²) in [6.45, 7) is 0. The minimum Gasteiger partial charge on any atom is -0.478 e. The van der Waals surface area contributed by atoms with Gasteiger partial charge in [0.05, 0.1) is 10.5 Å². The van der Waals surface area contributed by atoms with E-state index in [0.717, 1.165) is 12.1 Å². The van der Waals surface area contributed by atoms with Gasteiger partial charge in [-0.2, -0.15) is 0 Å². The number of nitro groups is 1. The molecule has 2 aromatic rings. The van der Waals surface area contributed by atoms with Crippen LogP contribution in [0.15, 0.2) is 36.5 Å². The average Bonchev–Trinajstić information content (AvgIpc) is 2.38. The molecule has 8 heteroatoms. The lowest BCUT2D eigenvalue weighted by Crippen LogP contribution is -2.01. The monoisotopic (exact) mass is 278 g/mol. The van der Waals surface area contributed by atoms with Crippen LogP contribution in [0.25, 0.3) is 0 Å². The van der Waals surface area contributed by atoms with E-state index in [9.17, 15) is 19.3 Å². The summed E-state index contributed by atoms with van der Waals surface area (Å²) in [5, 5.41) is 19.4. The van der Waals surface area contributed by atoms with Gasteiger partial charge in [-0.05, 0) is 18.2 Å². The van der Waals surface area contributed by atoms with E-state index in [2.05, 4.69) is 4.98 Å². The molecule has 1 N–H and O–H groups in total. The molecule has 1 heterocycles. The summed E-state index contributed by atoms with van der Waals surface area (Å²) >= 11 is 0. The van der Waals surface area contributed by atoms with Gasteiger partial charge in [-0.3, -0.25) is 10.1 Å². The van der Waals surface area contributed by atoms with Crippen molar-refractivity contribution in [3.8, 4) is 11.6 Å². The molecule has 0 bridgehead atoms. The van der Waals surface area contributed by atoms with Crippen LogP contribution < -0.4 is 4.74 Å². The second kappa shape index (κ2) is 5.31. The van der Waals surface area contributed by atoms with Crippen LogP contribution in [0.1, 0.15) is 10.4 Å². The number of pyridine rings is 1. The van der Waals surface area contributed by atoms with Crippen molar-refractivity contribution in [3.05, 3.63) is 58.0 Å². The molecule has 1 aromatic carbocycles. The minimum absolute atomic E-state index is 0.0886. The van der Waals surface area contributed by atoms with E-state index in [-0.39, 0.29) is 17.3 Å². The van der Waals surface area contributed by atoms with Crippen molar-refractivity contribution in [1.29, 1.82) is 0 Å². The predicted octanol–water partition coefficient (Wildman–Crippen LogP) is 2.62. The van der Waals surface area contributed by atoms with Gasteiger partial charge in [-0.1, -0.05) is 0 Å². The molecule has 0 spiro atoms. The zero-order valence-electron chi connectivity index (χ0n) is 9.82. The van der Waals surface area contributed by atoms with Crippen LogP contribution >= 0.6 is 0 Å². The third-order valence-corrected chi connectivity index (χ3v) is 2.33. The predicted molar refractivity (Wildman–Crippen MR) is 64.3 cm³/mol. The number of halogens is 1. The van der Waals surface area contributed by atoms with Crippen LogP contribution in [-0.4, -0.2) is 21.0 Å². The van der Waals surface area contributed by atoms with E-state index in [1.54, 1.807) is 0 Å². The fourth-order valence-corrected chi connectivity index (χ4v) is 1.44. The Labute approximate surface area is 111 Å². The van der Waals surface area contributed by atoms with E-state index in [1.165, 1.54) is 24.4 Å². The molecule has 0 radical (unpaired) electrons. The van der Waals surface area contributed by atoms with Crippen LogP contribution in [-0.2, 0) is 0 Å². The largest absolute Gasteiger partial charge is 0.478 e. The Bertz CT molecular complexity index is 689. The molecular formula is C12H7FN2O5. The van der Waals surface area contributed by atoms with E-state index in [4.69, 9.17) is 9.84 Å². The highest BCUT2D eigenvalue weighted by Crippen LogP contribution is 2.29. The lowest BCUT2D eigenvalue weighted by molar-refractivity contribution is -0.386. The topological polar surface area (TPSA) is 103 Å². The summed E-state index contributed by atoms with van der Waals surface area (Å²) in [6.07, 6.45) is 1.28. The van der Waals surface area contributed by atoms with Gasteiger partial charge in [-0.25, -0.2) is 14.2 Å². The lowest BCUT2D eigenvalue weighted by atomic mass is 10.2. The highest BCUT2D eigenvalue weighted by molar-refractivity contribution is 5.88. The van der Waals surface area contributed by atoms with E-state index < -0.39 is 22.3 Å². The molecule has 20 heavy (non-hydrogen) atoms. The SMILES string of the molecule is O=C(O)c1ccc(Oc2ncccc2[N+](=O)[O-])cc1F. The number of rotatable bonds is 4. The first-order valence-corrected chi connectivity index (χ1v) is 5.29. The number of carbonyl (C=O) groups is 1. The van der Waals surface area contributed by atoms with Gasteiger partial charge in [0.1, 0.15) is 11.6 Å². The van der Waals surface area contributed by atoms with Crippen LogP contribution in [0.3, 0.4) is 0 Å². The van der Waals surface area contributed by atoms with Gasteiger partial charge in [0.15, 0.2) is 0 Å². The van der Waals surface area contributed by atoms with Crippen molar-refractivity contribution >= 4 is 11.7 Å². The second-order valence-corrected chi connectivity index (χ2v) is 3.63. The Morgan fingerprint density at radius 2 is 2.15 bits per heavy atom. The number of carboxylic acid groups (broad SMARTS) is 1. The first-order chi connectivity index (χ1) is 9.49. The van der Waals surface area contributed by atoms with Crippen molar-refractivity contribution in [3.63, 3.8) is 0 Å². The normalized spacial score (nSPS) is 10.1. The zero-order chi connectivity index (χ0) is 14.7. The number of hydrogen-bond donors (Lipinski definition) is 1. The number of aromatic carboxylic acids is 1. The van der Waals surface area contributed by atoms with Gasteiger partial charge >= 0.3 is 11.7 Å². The first kappa shape index (κ1) is 13.4. The second-order valence-electron chi connectivity index (χ2n) is 3.63. The van der Waals surface area contributed by atoms with Crippen molar-refractivity contribution in [2.75, 3.05) is 0 Å². The molecule has 2 rings (SSSR count). The van der Waals surface area contributed by atoms with Gasteiger partial charge in [0, 0.05) is 18.3 Å². The molecule has 0 amide bonds. The summed E-state index contributed by atoms with van der Waals surface area (Å²) in [5.74, 6) is -2.82. The maximum Gasteiger partial charge on any atom is 0.338 e. The van der Waals surface area contributed by atoms with E-state index >= 15 is 0 Å². The molecule has 7 nitrogen and oxygen atoms in total. The number of aromatic nitrogens is 1. The Morgan fingerprint density at radius 3 is 2.75 bits per heavy atom. The summed E-state index contributed by atoms with van der Waals surface area (Å²) in [7, 11) is 0. The molecule has 1 aromatic heterocycles. The third kappa shape index (κ3) is 2.69. The van der Waals surface area contributed by atoms with Gasteiger partial charge in [-0.15, -0.1) is 0 Å². The summed E-state index contributed by atoms with van der Waals surface area (Å²) in [4.78, 5) is 24.4. The maximum absolute atomic E-state index is 13.4. The first-order valence-electron chi connectivity index (χ1n) is 5.29. The molecule has 0 atom stereocenters. The van der Waals surface area contributed by atoms with Crippen molar-refractivity contribution < 1.29 is 24.0 Å².